The first kappa shape index (κ1) is 35.1. The smallest absolute Gasteiger partial charge is 0.229 e. The Morgan fingerprint density at radius 3 is 2.57 bits per heavy atom. The third kappa shape index (κ3) is 8.52. The topological polar surface area (TPSA) is 125 Å². The molecule has 2 saturated heterocycles. The zero-order chi connectivity index (χ0) is 34.2. The molecule has 1 atom stereocenters. The van der Waals surface area contributed by atoms with Crippen LogP contribution in [-0.4, -0.2) is 90.0 Å². The number of nitrogens with zero attached hydrogens (tertiary/aromatic N) is 4. The minimum atomic E-state index is -0.363. The van der Waals surface area contributed by atoms with Gasteiger partial charge in [-0.2, -0.15) is 5.10 Å². The highest BCUT2D eigenvalue weighted by Crippen LogP contribution is 2.41. The number of fused-ring (bicyclic) bond motifs is 1. The van der Waals surface area contributed by atoms with E-state index in [1.54, 1.807) is 0 Å². The van der Waals surface area contributed by atoms with E-state index in [0.29, 0.717) is 39.1 Å². The lowest BCUT2D eigenvalue weighted by Gasteiger charge is -2.40. The molecule has 12 heteroatoms. The maximum Gasteiger partial charge on any atom is 0.229 e. The van der Waals surface area contributed by atoms with Crippen molar-refractivity contribution in [3.63, 3.8) is 0 Å². The van der Waals surface area contributed by atoms with E-state index in [0.717, 1.165) is 89.7 Å². The minimum Gasteiger partial charge on any atom is -0.381 e. The van der Waals surface area contributed by atoms with Crippen LogP contribution in [0.4, 0.5) is 5.69 Å². The highest BCUT2D eigenvalue weighted by atomic mass is 35.5. The highest BCUT2D eigenvalue weighted by molar-refractivity contribution is 6.34. The number of piperazine rings is 1. The van der Waals surface area contributed by atoms with Crippen LogP contribution in [-0.2, 0) is 33.8 Å². The maximum atomic E-state index is 13.3. The van der Waals surface area contributed by atoms with Crippen LogP contribution in [0.3, 0.4) is 0 Å². The molecule has 1 unspecified atom stereocenters. The number of rotatable bonds is 13. The average Bonchev–Trinajstić information content (AvgIpc) is 3.55. The van der Waals surface area contributed by atoms with Crippen molar-refractivity contribution in [2.45, 2.75) is 65.1 Å². The molecular formula is C37H49ClN8O3. The molecule has 2 aromatic heterocycles. The van der Waals surface area contributed by atoms with Gasteiger partial charge >= 0.3 is 0 Å². The Hall–Kier alpha value is -3.77. The number of hydrogen-bond donors (Lipinski definition) is 4. The fraction of sp³-hybridized carbons (Fsp3) is 0.514. The van der Waals surface area contributed by atoms with Crippen LogP contribution in [0, 0.1) is 5.41 Å². The molecule has 4 heterocycles. The van der Waals surface area contributed by atoms with Crippen LogP contribution in [0.25, 0.3) is 16.6 Å². The average molecular weight is 689 g/mol. The second-order valence-electron chi connectivity index (χ2n) is 13.3. The molecule has 0 bridgehead atoms. The van der Waals surface area contributed by atoms with Gasteiger partial charge in [-0.15, -0.1) is 0 Å². The highest BCUT2D eigenvalue weighted by Gasteiger charge is 2.35. The standard InChI is InChI=1S/C37H49ClN8O3/c1-3-32-29(35(43-27-11-18-49-19-12-27)30-23-42-46(4-2)36(30)44-32)22-40-33(47)20-34(48)41-24-37(25-45-16-14-39-15-17-45)13-10-31(38)28(21-37)26-8-6-5-7-9-26/h5-10,13,23,27,39H,3-4,11-12,14-22,24-25H2,1-2H3,(H,40,47)(H,41,48)(H,43,44). The third-order valence-electron chi connectivity index (χ3n) is 9.87. The lowest BCUT2D eigenvalue weighted by atomic mass is 9.75. The van der Waals surface area contributed by atoms with Gasteiger partial charge < -0.3 is 26.0 Å². The summed E-state index contributed by atoms with van der Waals surface area (Å²) < 4.78 is 7.49. The van der Waals surface area contributed by atoms with E-state index in [1.165, 1.54) is 0 Å². The first-order valence-electron chi connectivity index (χ1n) is 17.7. The molecule has 262 valence electrons. The van der Waals surface area contributed by atoms with Gasteiger partial charge in [-0.1, -0.05) is 54.9 Å². The Morgan fingerprint density at radius 1 is 1.08 bits per heavy atom. The van der Waals surface area contributed by atoms with Gasteiger partial charge in [0.25, 0.3) is 0 Å². The molecule has 2 amide bonds. The molecule has 0 spiro atoms. The van der Waals surface area contributed by atoms with Gasteiger partial charge in [-0.05, 0) is 49.8 Å². The van der Waals surface area contributed by atoms with Gasteiger partial charge in [0.05, 0.1) is 17.3 Å². The summed E-state index contributed by atoms with van der Waals surface area (Å²) >= 11 is 6.74. The van der Waals surface area contributed by atoms with E-state index >= 15 is 0 Å². The molecule has 3 aromatic rings. The van der Waals surface area contributed by atoms with Crippen molar-refractivity contribution in [2.75, 3.05) is 57.8 Å². The summed E-state index contributed by atoms with van der Waals surface area (Å²) in [7, 11) is 0. The van der Waals surface area contributed by atoms with Crippen molar-refractivity contribution >= 4 is 45.7 Å². The van der Waals surface area contributed by atoms with E-state index in [-0.39, 0.29) is 36.2 Å². The molecule has 6 rings (SSSR count). The van der Waals surface area contributed by atoms with Gasteiger partial charge in [0.1, 0.15) is 6.42 Å². The number of benzene rings is 1. The summed E-state index contributed by atoms with van der Waals surface area (Å²) in [5.41, 5.74) is 5.42. The molecule has 4 N–H and O–H groups in total. The van der Waals surface area contributed by atoms with Crippen molar-refractivity contribution in [1.82, 2.24) is 35.6 Å². The van der Waals surface area contributed by atoms with Crippen LogP contribution < -0.4 is 21.3 Å². The van der Waals surface area contributed by atoms with Crippen molar-refractivity contribution in [3.8, 4) is 0 Å². The zero-order valence-corrected chi connectivity index (χ0v) is 29.5. The number of halogens is 1. The Kier molecular flexibility index (Phi) is 11.7. The summed E-state index contributed by atoms with van der Waals surface area (Å²) in [6, 6.07) is 10.4. The SMILES string of the molecule is CCc1nc2c(cnn2CC)c(NC2CCOCC2)c1CNC(=O)CC(=O)NCC1(CN2CCNCC2)C=CC(Cl)=C(c2ccccc2)C1. The lowest BCUT2D eigenvalue weighted by Crippen LogP contribution is -2.51. The Morgan fingerprint density at radius 2 is 1.84 bits per heavy atom. The number of aryl methyl sites for hydroxylation is 2. The minimum absolute atomic E-state index is 0.253. The molecule has 11 nitrogen and oxygen atoms in total. The first-order chi connectivity index (χ1) is 23.9. The van der Waals surface area contributed by atoms with Crippen molar-refractivity contribution < 1.29 is 14.3 Å². The predicted octanol–water partition coefficient (Wildman–Crippen LogP) is 4.23. The number of carbonyl (C=O) groups excluding carboxylic acids is 2. The second-order valence-corrected chi connectivity index (χ2v) is 13.7. The van der Waals surface area contributed by atoms with Crippen molar-refractivity contribution in [3.05, 3.63) is 70.5 Å². The molecule has 2 fully saturated rings. The van der Waals surface area contributed by atoms with Crippen molar-refractivity contribution in [2.24, 2.45) is 5.41 Å². The van der Waals surface area contributed by atoms with Gasteiger partial charge in [0.2, 0.25) is 11.8 Å². The van der Waals surface area contributed by atoms with Crippen LogP contribution >= 0.6 is 11.6 Å². The van der Waals surface area contributed by atoms with E-state index in [2.05, 4.69) is 63.3 Å². The van der Waals surface area contributed by atoms with Crippen molar-refractivity contribution in [1.29, 1.82) is 0 Å². The third-order valence-corrected chi connectivity index (χ3v) is 10.2. The fourth-order valence-electron chi connectivity index (χ4n) is 7.16. The normalized spacial score (nSPS) is 20.5. The zero-order valence-electron chi connectivity index (χ0n) is 28.7. The molecule has 0 radical (unpaired) electrons. The summed E-state index contributed by atoms with van der Waals surface area (Å²) in [5, 5.41) is 19.6. The maximum absolute atomic E-state index is 13.3. The van der Waals surface area contributed by atoms with E-state index in [4.69, 9.17) is 21.3 Å². The van der Waals surface area contributed by atoms with E-state index in [1.807, 2.05) is 35.2 Å². The Balaban J connectivity index is 1.13. The van der Waals surface area contributed by atoms with Crippen LogP contribution in [0.15, 0.2) is 53.7 Å². The molecular weight excluding hydrogens is 640 g/mol. The summed E-state index contributed by atoms with van der Waals surface area (Å²) in [4.78, 5) is 34.0. The fourth-order valence-corrected chi connectivity index (χ4v) is 7.40. The van der Waals surface area contributed by atoms with Crippen LogP contribution in [0.2, 0.25) is 0 Å². The predicted molar refractivity (Wildman–Crippen MR) is 194 cm³/mol. The Labute approximate surface area is 293 Å². The van der Waals surface area contributed by atoms with Gasteiger partial charge in [0, 0.05) is 93.3 Å². The summed E-state index contributed by atoms with van der Waals surface area (Å²) in [6.45, 7) is 11.5. The van der Waals surface area contributed by atoms with Crippen LogP contribution in [0.1, 0.15) is 56.4 Å². The largest absolute Gasteiger partial charge is 0.381 e. The monoisotopic (exact) mass is 688 g/mol. The summed E-state index contributed by atoms with van der Waals surface area (Å²) in [5.74, 6) is -0.634. The number of anilines is 1. The number of aromatic nitrogens is 3. The molecule has 1 aliphatic carbocycles. The number of pyridine rings is 1. The Bertz CT molecular complexity index is 1680. The number of nitrogens with one attached hydrogen (secondary N) is 4. The van der Waals surface area contributed by atoms with Crippen LogP contribution in [0.5, 0.6) is 0 Å². The molecule has 1 aromatic carbocycles. The number of carbonyl (C=O) groups is 2. The number of hydrogen-bond acceptors (Lipinski definition) is 8. The van der Waals surface area contributed by atoms with Gasteiger partial charge in [0.15, 0.2) is 5.65 Å². The first-order valence-corrected chi connectivity index (χ1v) is 18.1. The molecule has 49 heavy (non-hydrogen) atoms. The number of amides is 2. The van der Waals surface area contributed by atoms with E-state index in [9.17, 15) is 9.59 Å². The lowest BCUT2D eigenvalue weighted by molar-refractivity contribution is -0.129. The van der Waals surface area contributed by atoms with Gasteiger partial charge in [-0.25, -0.2) is 9.67 Å². The molecule has 3 aliphatic rings. The van der Waals surface area contributed by atoms with Gasteiger partial charge in [-0.3, -0.25) is 14.5 Å². The number of allylic oxidation sites excluding steroid dienone is 3. The second kappa shape index (κ2) is 16.3. The number of ether oxygens (including phenoxy) is 1. The molecule has 0 saturated carbocycles. The summed E-state index contributed by atoms with van der Waals surface area (Å²) in [6.07, 6.45) is 8.91. The van der Waals surface area contributed by atoms with E-state index < -0.39 is 0 Å². The quantitative estimate of drug-likeness (QED) is 0.197. The molecule has 2 aliphatic heterocycles.